The molecule has 0 aliphatic heterocycles. The van der Waals surface area contributed by atoms with Crippen LogP contribution in [0, 0.1) is 0 Å². The van der Waals surface area contributed by atoms with Crippen LogP contribution in [-0.2, 0) is 16.0 Å². The topological polar surface area (TPSA) is 67.4 Å². The first-order valence-corrected chi connectivity index (χ1v) is 8.35. The van der Waals surface area contributed by atoms with Crippen LogP contribution in [0.2, 0.25) is 0 Å². The molecule has 0 atom stereocenters. The summed E-state index contributed by atoms with van der Waals surface area (Å²) < 4.78 is 5.57. The maximum Gasteiger partial charge on any atom is 0.262 e. The van der Waals surface area contributed by atoms with Crippen molar-refractivity contribution < 1.29 is 14.3 Å². The molecule has 5 nitrogen and oxygen atoms in total. The summed E-state index contributed by atoms with van der Waals surface area (Å²) in [6, 6.07) is 20.9. The third-order valence-corrected chi connectivity index (χ3v) is 3.97. The maximum atomic E-state index is 12.1. The Morgan fingerprint density at radius 2 is 1.62 bits per heavy atom. The van der Waals surface area contributed by atoms with Crippen LogP contribution in [0.25, 0.3) is 10.8 Å². The monoisotopic (exact) mass is 348 g/mol. The molecular weight excluding hydrogens is 328 g/mol. The van der Waals surface area contributed by atoms with Gasteiger partial charge in [-0.2, -0.15) is 0 Å². The van der Waals surface area contributed by atoms with E-state index in [1.54, 1.807) is 19.2 Å². The minimum absolute atomic E-state index is 0.0504. The van der Waals surface area contributed by atoms with Gasteiger partial charge in [0.15, 0.2) is 6.61 Å². The van der Waals surface area contributed by atoms with Gasteiger partial charge in [0, 0.05) is 12.7 Å². The number of fused-ring (bicyclic) bond motifs is 1. The minimum atomic E-state index is -0.239. The standard InChI is InChI=1S/C21H20N2O3/c1-22-20(24)12-15-6-9-18(10-7-15)23-21(25)14-26-19-11-8-16-4-2-3-5-17(16)13-19/h2-11,13H,12,14H2,1H3,(H,22,24)(H,23,25). The number of carbonyl (C=O) groups excluding carboxylic acids is 2. The predicted octanol–water partition coefficient (Wildman–Crippen LogP) is 3.15. The molecule has 0 heterocycles. The van der Waals surface area contributed by atoms with Crippen molar-refractivity contribution in [3.8, 4) is 5.75 Å². The summed E-state index contributed by atoms with van der Waals surface area (Å²) >= 11 is 0. The maximum absolute atomic E-state index is 12.1. The first kappa shape index (κ1) is 17.5. The van der Waals surface area contributed by atoms with Crippen molar-refractivity contribution in [1.29, 1.82) is 0 Å². The average molecular weight is 348 g/mol. The third kappa shape index (κ3) is 4.60. The summed E-state index contributed by atoms with van der Waals surface area (Å²) in [5.41, 5.74) is 1.55. The number of likely N-dealkylation sites (N-methyl/N-ethyl adjacent to an activating group) is 1. The molecule has 0 aromatic heterocycles. The lowest BCUT2D eigenvalue weighted by atomic mass is 10.1. The van der Waals surface area contributed by atoms with Crippen molar-refractivity contribution in [3.63, 3.8) is 0 Å². The van der Waals surface area contributed by atoms with E-state index in [2.05, 4.69) is 10.6 Å². The molecular formula is C21H20N2O3. The molecule has 0 aliphatic carbocycles. The number of hydrogen-bond donors (Lipinski definition) is 2. The van der Waals surface area contributed by atoms with Gasteiger partial charge in [0.2, 0.25) is 5.91 Å². The van der Waals surface area contributed by atoms with E-state index in [0.29, 0.717) is 17.9 Å². The van der Waals surface area contributed by atoms with Crippen LogP contribution >= 0.6 is 0 Å². The van der Waals surface area contributed by atoms with Gasteiger partial charge in [0.25, 0.3) is 5.91 Å². The van der Waals surface area contributed by atoms with E-state index in [-0.39, 0.29) is 18.4 Å². The Balaban J connectivity index is 1.54. The zero-order valence-electron chi connectivity index (χ0n) is 14.5. The summed E-state index contributed by atoms with van der Waals surface area (Å²) in [4.78, 5) is 23.4. The van der Waals surface area contributed by atoms with Gasteiger partial charge in [-0.3, -0.25) is 9.59 Å². The number of ether oxygens (including phenoxy) is 1. The third-order valence-electron chi connectivity index (χ3n) is 3.97. The Bertz CT molecular complexity index is 920. The van der Waals surface area contributed by atoms with Crippen LogP contribution < -0.4 is 15.4 Å². The second-order valence-electron chi connectivity index (χ2n) is 5.89. The Labute approximate surface area is 152 Å². The van der Waals surface area contributed by atoms with Crippen molar-refractivity contribution in [2.45, 2.75) is 6.42 Å². The highest BCUT2D eigenvalue weighted by Crippen LogP contribution is 2.20. The molecule has 132 valence electrons. The highest BCUT2D eigenvalue weighted by Gasteiger charge is 2.06. The Hall–Kier alpha value is -3.34. The Kier molecular flexibility index (Phi) is 5.49. The highest BCUT2D eigenvalue weighted by molar-refractivity contribution is 5.92. The SMILES string of the molecule is CNC(=O)Cc1ccc(NC(=O)COc2ccc3ccccc3c2)cc1. The number of hydrogen-bond acceptors (Lipinski definition) is 3. The number of amides is 2. The molecule has 3 rings (SSSR count). The van der Waals surface area contributed by atoms with E-state index in [1.165, 1.54) is 0 Å². The van der Waals surface area contributed by atoms with Crippen molar-refractivity contribution in [3.05, 3.63) is 72.3 Å². The summed E-state index contributed by atoms with van der Waals surface area (Å²) in [5, 5.41) is 7.55. The van der Waals surface area contributed by atoms with Crippen LogP contribution in [0.3, 0.4) is 0 Å². The molecule has 0 radical (unpaired) electrons. The van der Waals surface area contributed by atoms with E-state index in [9.17, 15) is 9.59 Å². The van der Waals surface area contributed by atoms with Crippen LogP contribution in [0.4, 0.5) is 5.69 Å². The second kappa shape index (κ2) is 8.16. The molecule has 3 aromatic rings. The molecule has 0 unspecified atom stereocenters. The fourth-order valence-electron chi connectivity index (χ4n) is 2.58. The lowest BCUT2D eigenvalue weighted by Crippen LogP contribution is -2.21. The normalized spacial score (nSPS) is 10.3. The lowest BCUT2D eigenvalue weighted by molar-refractivity contribution is -0.120. The molecule has 3 aromatic carbocycles. The van der Waals surface area contributed by atoms with Crippen molar-refractivity contribution >= 4 is 28.3 Å². The molecule has 0 fully saturated rings. The fourth-order valence-corrected chi connectivity index (χ4v) is 2.58. The number of carbonyl (C=O) groups is 2. The van der Waals surface area contributed by atoms with Gasteiger partial charge in [-0.25, -0.2) is 0 Å². The van der Waals surface area contributed by atoms with Crippen LogP contribution in [0.15, 0.2) is 66.7 Å². The van der Waals surface area contributed by atoms with Crippen molar-refractivity contribution in [2.75, 3.05) is 19.0 Å². The number of rotatable bonds is 6. The quantitative estimate of drug-likeness (QED) is 0.719. The zero-order valence-corrected chi connectivity index (χ0v) is 14.5. The van der Waals surface area contributed by atoms with Crippen molar-refractivity contribution in [1.82, 2.24) is 5.32 Å². The van der Waals surface area contributed by atoms with Gasteiger partial charge in [0.1, 0.15) is 5.75 Å². The van der Waals surface area contributed by atoms with Gasteiger partial charge in [-0.15, -0.1) is 0 Å². The highest BCUT2D eigenvalue weighted by atomic mass is 16.5. The lowest BCUT2D eigenvalue weighted by Gasteiger charge is -2.09. The number of benzene rings is 3. The molecule has 0 aliphatic rings. The minimum Gasteiger partial charge on any atom is -0.484 e. The molecule has 0 spiro atoms. The van der Waals surface area contributed by atoms with E-state index >= 15 is 0 Å². The van der Waals surface area contributed by atoms with E-state index in [0.717, 1.165) is 16.3 Å². The molecule has 2 N–H and O–H groups in total. The average Bonchev–Trinajstić information content (AvgIpc) is 2.67. The van der Waals surface area contributed by atoms with Gasteiger partial charge < -0.3 is 15.4 Å². The fraction of sp³-hybridized carbons (Fsp3) is 0.143. The van der Waals surface area contributed by atoms with Gasteiger partial charge in [-0.1, -0.05) is 42.5 Å². The molecule has 5 heteroatoms. The van der Waals surface area contributed by atoms with Crippen LogP contribution in [-0.4, -0.2) is 25.5 Å². The zero-order chi connectivity index (χ0) is 18.4. The van der Waals surface area contributed by atoms with Gasteiger partial charge in [-0.05, 0) is 40.6 Å². The molecule has 2 amide bonds. The predicted molar refractivity (Wildman–Crippen MR) is 102 cm³/mol. The van der Waals surface area contributed by atoms with Crippen LogP contribution in [0.5, 0.6) is 5.75 Å². The molecule has 26 heavy (non-hydrogen) atoms. The number of anilines is 1. The van der Waals surface area contributed by atoms with Crippen molar-refractivity contribution in [2.24, 2.45) is 0 Å². The number of nitrogens with one attached hydrogen (secondary N) is 2. The Morgan fingerprint density at radius 3 is 2.35 bits per heavy atom. The van der Waals surface area contributed by atoms with Gasteiger partial charge >= 0.3 is 0 Å². The summed E-state index contributed by atoms with van der Waals surface area (Å²) in [5.74, 6) is 0.363. The first-order chi connectivity index (χ1) is 12.6. The van der Waals surface area contributed by atoms with E-state index in [1.807, 2.05) is 54.6 Å². The van der Waals surface area contributed by atoms with E-state index in [4.69, 9.17) is 4.74 Å². The van der Waals surface area contributed by atoms with Gasteiger partial charge in [0.05, 0.1) is 6.42 Å². The molecule has 0 saturated carbocycles. The largest absolute Gasteiger partial charge is 0.484 e. The summed E-state index contributed by atoms with van der Waals surface area (Å²) in [6.07, 6.45) is 0.315. The van der Waals surface area contributed by atoms with Crippen LogP contribution in [0.1, 0.15) is 5.56 Å². The summed E-state index contributed by atoms with van der Waals surface area (Å²) in [6.45, 7) is -0.0711. The van der Waals surface area contributed by atoms with E-state index < -0.39 is 0 Å². The Morgan fingerprint density at radius 1 is 0.885 bits per heavy atom. The second-order valence-corrected chi connectivity index (χ2v) is 5.89. The summed E-state index contributed by atoms with van der Waals surface area (Å²) in [7, 11) is 1.60. The first-order valence-electron chi connectivity index (χ1n) is 8.35. The molecule has 0 saturated heterocycles. The smallest absolute Gasteiger partial charge is 0.262 e. The molecule has 0 bridgehead atoms.